The Kier molecular flexibility index (Phi) is 26.7. The van der Waals surface area contributed by atoms with E-state index in [2.05, 4.69) is 13.8 Å². The molecule has 0 amide bonds. The van der Waals surface area contributed by atoms with Crippen molar-refractivity contribution in [3.63, 3.8) is 0 Å². The molecule has 0 aromatic heterocycles. The monoisotopic (exact) mass is 496 g/mol. The first-order valence-corrected chi connectivity index (χ1v) is 15.5. The number of hydrogen-bond acceptors (Lipinski definition) is 3. The van der Waals surface area contributed by atoms with Gasteiger partial charge in [-0.25, -0.2) is 0 Å². The molecule has 0 aliphatic heterocycles. The number of ether oxygens (including phenoxy) is 1. The summed E-state index contributed by atoms with van der Waals surface area (Å²) in [7, 11) is 0. The number of aliphatic carboxylic acids is 1. The Balaban J connectivity index is 4.01. The van der Waals surface area contributed by atoms with E-state index in [1.54, 1.807) is 0 Å². The van der Waals surface area contributed by atoms with E-state index in [-0.39, 0.29) is 18.5 Å². The largest absolute Gasteiger partial charge is 0.481 e. The summed E-state index contributed by atoms with van der Waals surface area (Å²) in [4.78, 5) is 23.1. The molecule has 1 unspecified atom stereocenters. The van der Waals surface area contributed by atoms with Gasteiger partial charge in [0.05, 0.1) is 0 Å². The Hall–Kier alpha value is -1.06. The van der Waals surface area contributed by atoms with Crippen LogP contribution >= 0.6 is 0 Å². The Morgan fingerprint density at radius 3 is 1.26 bits per heavy atom. The number of carboxylic acid groups (broad SMARTS) is 1. The number of hydrogen-bond donors (Lipinski definition) is 1. The zero-order valence-electron chi connectivity index (χ0n) is 23.6. The van der Waals surface area contributed by atoms with Crippen LogP contribution in [0.15, 0.2) is 0 Å². The molecule has 0 aromatic rings. The third-order valence-electron chi connectivity index (χ3n) is 7.08. The fourth-order valence-electron chi connectivity index (χ4n) is 4.77. The van der Waals surface area contributed by atoms with Crippen LogP contribution in [0.25, 0.3) is 0 Å². The molecular formula is C31H60O4. The molecule has 0 spiro atoms. The molecule has 0 radical (unpaired) electrons. The smallest absolute Gasteiger partial charge is 0.306 e. The maximum Gasteiger partial charge on any atom is 0.306 e. The molecule has 0 aromatic carbocycles. The molecule has 0 aliphatic carbocycles. The zero-order chi connectivity index (χ0) is 25.8. The van der Waals surface area contributed by atoms with Gasteiger partial charge >= 0.3 is 11.9 Å². The van der Waals surface area contributed by atoms with Gasteiger partial charge < -0.3 is 9.84 Å². The van der Waals surface area contributed by atoms with Crippen molar-refractivity contribution in [3.05, 3.63) is 0 Å². The number of unbranched alkanes of at least 4 members (excludes halogenated alkanes) is 19. The number of carboxylic acids is 1. The third-order valence-corrected chi connectivity index (χ3v) is 7.08. The van der Waals surface area contributed by atoms with Gasteiger partial charge in [-0.15, -0.1) is 0 Å². The first-order chi connectivity index (χ1) is 17.1. The highest BCUT2D eigenvalue weighted by Gasteiger charge is 2.14. The van der Waals surface area contributed by atoms with E-state index in [0.717, 1.165) is 64.2 Å². The Bertz CT molecular complexity index is 463. The van der Waals surface area contributed by atoms with Crippen LogP contribution in [0.5, 0.6) is 0 Å². The lowest BCUT2D eigenvalue weighted by Gasteiger charge is -2.18. The topological polar surface area (TPSA) is 63.6 Å². The lowest BCUT2D eigenvalue weighted by molar-refractivity contribution is -0.150. The predicted octanol–water partition coefficient (Wildman–Crippen LogP) is 10.2. The van der Waals surface area contributed by atoms with Gasteiger partial charge in [-0.3, -0.25) is 9.59 Å². The molecule has 0 aliphatic rings. The fourth-order valence-corrected chi connectivity index (χ4v) is 4.77. The van der Waals surface area contributed by atoms with Gasteiger partial charge in [-0.05, 0) is 38.5 Å². The van der Waals surface area contributed by atoms with Gasteiger partial charge in [0.2, 0.25) is 0 Å². The third kappa shape index (κ3) is 27.4. The second-order valence-corrected chi connectivity index (χ2v) is 10.7. The maximum atomic E-state index is 12.5. The first kappa shape index (κ1) is 33.9. The van der Waals surface area contributed by atoms with Crippen molar-refractivity contribution in [1.82, 2.24) is 0 Å². The highest BCUT2D eigenvalue weighted by atomic mass is 16.5. The highest BCUT2D eigenvalue weighted by Crippen LogP contribution is 2.18. The highest BCUT2D eigenvalue weighted by molar-refractivity contribution is 5.69. The second-order valence-electron chi connectivity index (χ2n) is 10.7. The van der Waals surface area contributed by atoms with E-state index in [9.17, 15) is 9.59 Å². The summed E-state index contributed by atoms with van der Waals surface area (Å²) in [5.74, 6) is -0.701. The molecule has 0 saturated carbocycles. The minimum absolute atomic E-state index is 0.000954. The summed E-state index contributed by atoms with van der Waals surface area (Å²) in [6, 6.07) is 0. The summed E-state index contributed by atoms with van der Waals surface area (Å²) in [5.41, 5.74) is 0. The molecule has 1 N–H and O–H groups in total. The maximum absolute atomic E-state index is 12.5. The van der Waals surface area contributed by atoms with E-state index in [1.807, 2.05) is 0 Å². The Labute approximate surface area is 218 Å². The van der Waals surface area contributed by atoms with Crippen LogP contribution in [-0.4, -0.2) is 23.1 Å². The molecule has 4 nitrogen and oxygen atoms in total. The lowest BCUT2D eigenvalue weighted by atomic mass is 10.0. The summed E-state index contributed by atoms with van der Waals surface area (Å²) < 4.78 is 5.92. The van der Waals surface area contributed by atoms with E-state index in [1.165, 1.54) is 89.9 Å². The molecule has 0 fully saturated rings. The molecule has 4 heteroatoms. The van der Waals surface area contributed by atoms with Crippen LogP contribution in [0.1, 0.15) is 181 Å². The average Bonchev–Trinajstić information content (AvgIpc) is 2.83. The van der Waals surface area contributed by atoms with E-state index >= 15 is 0 Å². The Morgan fingerprint density at radius 1 is 0.514 bits per heavy atom. The minimum atomic E-state index is -0.700. The molecule has 35 heavy (non-hydrogen) atoms. The average molecular weight is 497 g/mol. The first-order valence-electron chi connectivity index (χ1n) is 15.5. The van der Waals surface area contributed by atoms with Crippen LogP contribution in [0, 0.1) is 0 Å². The number of carbonyl (C=O) groups excluding carboxylic acids is 1. The van der Waals surface area contributed by atoms with E-state index < -0.39 is 5.97 Å². The molecular weight excluding hydrogens is 436 g/mol. The van der Waals surface area contributed by atoms with Crippen LogP contribution < -0.4 is 0 Å². The molecule has 1 atom stereocenters. The minimum Gasteiger partial charge on any atom is -0.481 e. The number of esters is 1. The number of carbonyl (C=O) groups is 2. The molecule has 0 bridgehead atoms. The standard InChI is InChI=1S/C31H60O4/c1-3-5-7-9-11-12-13-15-20-24-28-31(34)35-29(25-21-17-14-10-8-6-4-2)26-22-18-16-19-23-27-30(32)33/h29H,3-28H2,1-2H3,(H,32,33). The molecule has 208 valence electrons. The van der Waals surface area contributed by atoms with E-state index in [0.29, 0.717) is 6.42 Å². The van der Waals surface area contributed by atoms with E-state index in [4.69, 9.17) is 9.84 Å². The zero-order valence-corrected chi connectivity index (χ0v) is 23.6. The second kappa shape index (κ2) is 27.5. The van der Waals surface area contributed by atoms with Gasteiger partial charge in [-0.2, -0.15) is 0 Å². The summed E-state index contributed by atoms with van der Waals surface area (Å²) in [6.45, 7) is 4.51. The summed E-state index contributed by atoms with van der Waals surface area (Å²) in [6.07, 6.45) is 29.6. The van der Waals surface area contributed by atoms with Crippen molar-refractivity contribution in [1.29, 1.82) is 0 Å². The van der Waals surface area contributed by atoms with Crippen molar-refractivity contribution in [2.45, 2.75) is 187 Å². The quantitative estimate of drug-likeness (QED) is 0.0864. The molecule has 0 heterocycles. The van der Waals surface area contributed by atoms with Crippen LogP contribution in [0.2, 0.25) is 0 Å². The number of rotatable bonds is 28. The van der Waals surface area contributed by atoms with Gasteiger partial charge in [-0.1, -0.05) is 129 Å². The van der Waals surface area contributed by atoms with Crippen molar-refractivity contribution in [2.24, 2.45) is 0 Å². The SMILES string of the molecule is CCCCCCCCCCCCC(=O)OC(CCCCCCCCC)CCCCCCCC(=O)O. The van der Waals surface area contributed by atoms with Gasteiger partial charge in [0.1, 0.15) is 6.10 Å². The van der Waals surface area contributed by atoms with Crippen molar-refractivity contribution < 1.29 is 19.4 Å². The van der Waals surface area contributed by atoms with Crippen LogP contribution in [0.3, 0.4) is 0 Å². The lowest BCUT2D eigenvalue weighted by Crippen LogP contribution is -2.18. The molecule has 0 rings (SSSR count). The van der Waals surface area contributed by atoms with Crippen molar-refractivity contribution in [3.8, 4) is 0 Å². The van der Waals surface area contributed by atoms with Crippen molar-refractivity contribution >= 4 is 11.9 Å². The van der Waals surface area contributed by atoms with Gasteiger partial charge in [0.15, 0.2) is 0 Å². The normalized spacial score (nSPS) is 12.1. The van der Waals surface area contributed by atoms with Crippen LogP contribution in [-0.2, 0) is 14.3 Å². The van der Waals surface area contributed by atoms with Gasteiger partial charge in [0, 0.05) is 12.8 Å². The van der Waals surface area contributed by atoms with Gasteiger partial charge in [0.25, 0.3) is 0 Å². The van der Waals surface area contributed by atoms with Crippen LogP contribution in [0.4, 0.5) is 0 Å². The fraction of sp³-hybridized carbons (Fsp3) is 0.935. The summed E-state index contributed by atoms with van der Waals surface area (Å²) in [5, 5.41) is 8.74. The molecule has 0 saturated heterocycles. The summed E-state index contributed by atoms with van der Waals surface area (Å²) >= 11 is 0. The van der Waals surface area contributed by atoms with Crippen molar-refractivity contribution in [2.75, 3.05) is 0 Å². The predicted molar refractivity (Wildman–Crippen MR) is 149 cm³/mol. The Morgan fingerprint density at radius 2 is 0.857 bits per heavy atom.